The van der Waals surface area contributed by atoms with Crippen LogP contribution in [-0.2, 0) is 4.79 Å². The van der Waals surface area contributed by atoms with Gasteiger partial charge in [-0.05, 0) is 17.9 Å². The number of amides is 1. The second kappa shape index (κ2) is 6.71. The predicted octanol–water partition coefficient (Wildman–Crippen LogP) is 3.01. The number of hydrogen-bond donors (Lipinski definition) is 2. The van der Waals surface area contributed by atoms with E-state index in [1.165, 1.54) is 0 Å². The summed E-state index contributed by atoms with van der Waals surface area (Å²) in [5.74, 6) is 0.549. The molecule has 3 rings (SSSR count). The van der Waals surface area contributed by atoms with Gasteiger partial charge in [0.05, 0.1) is 5.92 Å². The van der Waals surface area contributed by atoms with Crippen molar-refractivity contribution in [3.05, 3.63) is 48.0 Å². The van der Waals surface area contributed by atoms with E-state index >= 15 is 0 Å². The molecule has 1 aliphatic heterocycles. The molecule has 0 saturated carbocycles. The third kappa shape index (κ3) is 2.93. The van der Waals surface area contributed by atoms with E-state index in [-0.39, 0.29) is 24.0 Å². The number of nitrogens with one attached hydrogen (secondary N) is 2. The maximum absolute atomic E-state index is 12.2. The Morgan fingerprint density at radius 2 is 1.85 bits per heavy atom. The molecule has 0 bridgehead atoms. The van der Waals surface area contributed by atoms with E-state index in [0.29, 0.717) is 5.92 Å². The van der Waals surface area contributed by atoms with Crippen molar-refractivity contribution in [3.63, 3.8) is 0 Å². The molecule has 4 unspecified atom stereocenters. The van der Waals surface area contributed by atoms with Crippen molar-refractivity contribution >= 4 is 5.91 Å². The van der Waals surface area contributed by atoms with Crippen LogP contribution in [0.4, 0.5) is 0 Å². The van der Waals surface area contributed by atoms with Gasteiger partial charge in [-0.2, -0.15) is 0 Å². The van der Waals surface area contributed by atoms with Gasteiger partial charge in [0.25, 0.3) is 0 Å². The van der Waals surface area contributed by atoms with Gasteiger partial charge in [-0.25, -0.2) is 0 Å². The Hall–Kier alpha value is -1.61. The molecule has 1 saturated heterocycles. The predicted molar refractivity (Wildman–Crippen MR) is 82.0 cm³/mol. The third-order valence-corrected chi connectivity index (χ3v) is 3.93. The number of hydrogen-bond acceptors (Lipinski definition) is 2. The normalized spacial score (nSPS) is 31.6. The molecule has 1 aromatic carbocycles. The average Bonchev–Trinajstić information content (AvgIpc) is 2.50. The molecule has 1 amide bonds. The highest BCUT2D eigenvalue weighted by atomic mass is 16.2. The van der Waals surface area contributed by atoms with Gasteiger partial charge in [-0.1, -0.05) is 63.3 Å². The maximum Gasteiger partial charge on any atom is 0.226 e. The van der Waals surface area contributed by atoms with Gasteiger partial charge in [-0.15, -0.1) is 0 Å². The Kier molecular flexibility index (Phi) is 4.96. The first-order chi connectivity index (χ1) is 9.75. The summed E-state index contributed by atoms with van der Waals surface area (Å²) >= 11 is 0. The van der Waals surface area contributed by atoms with Crippen molar-refractivity contribution in [2.75, 3.05) is 0 Å². The summed E-state index contributed by atoms with van der Waals surface area (Å²) in [4.78, 5) is 12.2. The summed E-state index contributed by atoms with van der Waals surface area (Å²) in [5.41, 5.74) is 1.12. The third-order valence-electron chi connectivity index (χ3n) is 3.93. The second-order valence-electron chi connectivity index (χ2n) is 5.17. The van der Waals surface area contributed by atoms with E-state index in [4.69, 9.17) is 0 Å². The van der Waals surface area contributed by atoms with Crippen molar-refractivity contribution in [2.45, 2.75) is 39.4 Å². The van der Waals surface area contributed by atoms with E-state index in [9.17, 15) is 4.79 Å². The molecule has 0 spiro atoms. The van der Waals surface area contributed by atoms with Crippen LogP contribution in [0.25, 0.3) is 0 Å². The van der Waals surface area contributed by atoms with Gasteiger partial charge < -0.3 is 5.32 Å². The molecule has 3 heteroatoms. The molecule has 1 heterocycles. The minimum atomic E-state index is -0.0568. The lowest BCUT2D eigenvalue weighted by molar-refractivity contribution is -0.131. The van der Waals surface area contributed by atoms with Crippen LogP contribution >= 0.6 is 0 Å². The number of carbonyl (C=O) groups excluding carboxylic acids is 1. The molecule has 1 aliphatic carbocycles. The fourth-order valence-electron chi connectivity index (χ4n) is 2.99. The fraction of sp³-hybridized carbons (Fsp3) is 0.471. The molecule has 2 aliphatic rings. The van der Waals surface area contributed by atoms with E-state index in [0.717, 1.165) is 12.0 Å². The molecule has 0 aromatic heterocycles. The number of fused-ring (bicyclic) bond motifs is 1. The molecule has 1 aromatic rings. The number of rotatable bonds is 1. The van der Waals surface area contributed by atoms with Crippen LogP contribution in [-0.4, -0.2) is 11.9 Å². The average molecular weight is 272 g/mol. The summed E-state index contributed by atoms with van der Waals surface area (Å²) in [7, 11) is 0. The van der Waals surface area contributed by atoms with E-state index in [1.807, 2.05) is 44.2 Å². The molecule has 1 fully saturated rings. The minimum Gasteiger partial charge on any atom is -0.336 e. The lowest BCUT2D eigenvalue weighted by atomic mass is 9.79. The van der Waals surface area contributed by atoms with Crippen LogP contribution in [0, 0.1) is 11.8 Å². The van der Waals surface area contributed by atoms with Crippen LogP contribution in [0.2, 0.25) is 0 Å². The van der Waals surface area contributed by atoms with E-state index in [2.05, 4.69) is 29.7 Å². The quantitative estimate of drug-likeness (QED) is 0.772. The highest BCUT2D eigenvalue weighted by Crippen LogP contribution is 2.30. The van der Waals surface area contributed by atoms with Crippen molar-refractivity contribution in [2.24, 2.45) is 11.8 Å². The van der Waals surface area contributed by atoms with E-state index in [1.54, 1.807) is 0 Å². The Morgan fingerprint density at radius 1 is 1.15 bits per heavy atom. The highest BCUT2D eigenvalue weighted by Gasteiger charge is 2.39. The van der Waals surface area contributed by atoms with Crippen LogP contribution in [0.15, 0.2) is 42.5 Å². The SMILES string of the molecule is CC.CC1C=CCC2NC(c3ccccc3)NC(=O)C12. The van der Waals surface area contributed by atoms with Gasteiger partial charge in [0, 0.05) is 6.04 Å². The Bertz CT molecular complexity index is 469. The smallest absolute Gasteiger partial charge is 0.226 e. The molecule has 2 N–H and O–H groups in total. The van der Waals surface area contributed by atoms with Crippen molar-refractivity contribution in [3.8, 4) is 0 Å². The summed E-state index contributed by atoms with van der Waals surface area (Å²) in [6.45, 7) is 6.11. The fourth-order valence-corrected chi connectivity index (χ4v) is 2.99. The molecular formula is C17H24N2O. The summed E-state index contributed by atoms with van der Waals surface area (Å²) < 4.78 is 0. The lowest BCUT2D eigenvalue weighted by Gasteiger charge is -2.41. The standard InChI is InChI=1S/C15H18N2O.C2H6/c1-10-6-5-9-12-13(10)15(18)17-14(16-12)11-7-3-2-4-8-11;1-2/h2-8,10,12-14,16H,9H2,1H3,(H,17,18);1-2H3. The van der Waals surface area contributed by atoms with Crippen LogP contribution in [0.1, 0.15) is 38.9 Å². The Labute approximate surface area is 121 Å². The Morgan fingerprint density at radius 3 is 2.55 bits per heavy atom. The maximum atomic E-state index is 12.2. The van der Waals surface area contributed by atoms with Crippen LogP contribution < -0.4 is 10.6 Å². The molecule has 108 valence electrons. The summed E-state index contributed by atoms with van der Waals surface area (Å²) in [6.07, 6.45) is 5.20. The summed E-state index contributed by atoms with van der Waals surface area (Å²) in [6, 6.07) is 10.3. The van der Waals surface area contributed by atoms with Gasteiger partial charge in [0.15, 0.2) is 0 Å². The second-order valence-corrected chi connectivity index (χ2v) is 5.17. The lowest BCUT2D eigenvalue weighted by Crippen LogP contribution is -2.58. The van der Waals surface area contributed by atoms with Gasteiger partial charge in [0.2, 0.25) is 5.91 Å². The zero-order valence-electron chi connectivity index (χ0n) is 12.5. The van der Waals surface area contributed by atoms with E-state index < -0.39 is 0 Å². The van der Waals surface area contributed by atoms with Gasteiger partial charge in [0.1, 0.15) is 6.17 Å². The number of carbonyl (C=O) groups is 1. The number of benzene rings is 1. The molecule has 20 heavy (non-hydrogen) atoms. The van der Waals surface area contributed by atoms with Crippen LogP contribution in [0.5, 0.6) is 0 Å². The number of allylic oxidation sites excluding steroid dienone is 1. The molecule has 0 radical (unpaired) electrons. The van der Waals surface area contributed by atoms with Gasteiger partial charge >= 0.3 is 0 Å². The first-order valence-electron chi connectivity index (χ1n) is 7.54. The Balaban J connectivity index is 0.000000704. The molecule has 3 nitrogen and oxygen atoms in total. The monoisotopic (exact) mass is 272 g/mol. The van der Waals surface area contributed by atoms with Gasteiger partial charge in [-0.3, -0.25) is 10.1 Å². The zero-order chi connectivity index (χ0) is 14.5. The van der Waals surface area contributed by atoms with Crippen molar-refractivity contribution in [1.82, 2.24) is 10.6 Å². The van der Waals surface area contributed by atoms with Crippen molar-refractivity contribution < 1.29 is 4.79 Å². The largest absolute Gasteiger partial charge is 0.336 e. The topological polar surface area (TPSA) is 41.1 Å². The van der Waals surface area contributed by atoms with Crippen molar-refractivity contribution in [1.29, 1.82) is 0 Å². The molecule has 4 atom stereocenters. The van der Waals surface area contributed by atoms with Crippen LogP contribution in [0.3, 0.4) is 0 Å². The summed E-state index contributed by atoms with van der Waals surface area (Å²) in [5, 5.41) is 6.63. The highest BCUT2D eigenvalue weighted by molar-refractivity contribution is 5.81. The zero-order valence-corrected chi connectivity index (χ0v) is 12.5. The first-order valence-corrected chi connectivity index (χ1v) is 7.54. The minimum absolute atomic E-state index is 0.0568. The molecular weight excluding hydrogens is 248 g/mol. The first kappa shape index (κ1) is 14.8.